The molecule has 0 amide bonds. The molecule has 3 nitrogen and oxygen atoms in total. The lowest BCUT2D eigenvalue weighted by molar-refractivity contribution is 0.669. The van der Waals surface area contributed by atoms with Gasteiger partial charge in [0.1, 0.15) is 5.58 Å². The van der Waals surface area contributed by atoms with E-state index in [2.05, 4.69) is 252 Å². The van der Waals surface area contributed by atoms with Crippen LogP contribution in [0.3, 0.4) is 0 Å². The molecule has 288 valence electrons. The Balaban J connectivity index is 1.22. The summed E-state index contributed by atoms with van der Waals surface area (Å²) in [7, 11) is 0. The predicted molar refractivity (Wildman–Crippen MR) is 257 cm³/mol. The standard InChI is InChI=1S/C58H40N2O/c1-5-19-41(20-6-1)42-33-35-48(36-34-42)59(52-31-17-15-29-49(52)43-21-7-2-8-22-43)54-37-38-55(58-57(54)51-39-45-25-13-14-26-46(45)40-56(51)61-58)60(47-27-11-4-12-28-47)53-32-18-16-30-50(53)44-23-9-3-10-24-44/h1-40H. The van der Waals surface area contributed by atoms with E-state index in [9.17, 15) is 0 Å². The van der Waals surface area contributed by atoms with Gasteiger partial charge in [-0.25, -0.2) is 0 Å². The van der Waals surface area contributed by atoms with Crippen LogP contribution in [0.15, 0.2) is 247 Å². The Morgan fingerprint density at radius 2 is 0.721 bits per heavy atom. The van der Waals surface area contributed by atoms with Gasteiger partial charge in [-0.15, -0.1) is 0 Å². The Morgan fingerprint density at radius 3 is 1.31 bits per heavy atom. The van der Waals surface area contributed by atoms with E-state index in [4.69, 9.17) is 4.42 Å². The van der Waals surface area contributed by atoms with Gasteiger partial charge < -0.3 is 14.2 Å². The minimum atomic E-state index is 0.803. The minimum absolute atomic E-state index is 0.803. The maximum absolute atomic E-state index is 7.25. The van der Waals surface area contributed by atoms with Crippen LogP contribution in [0.2, 0.25) is 0 Å². The summed E-state index contributed by atoms with van der Waals surface area (Å²) in [5.74, 6) is 0. The number of nitrogens with zero attached hydrogens (tertiary/aromatic N) is 2. The molecule has 61 heavy (non-hydrogen) atoms. The van der Waals surface area contributed by atoms with Crippen LogP contribution in [0, 0.1) is 0 Å². The number of rotatable bonds is 9. The van der Waals surface area contributed by atoms with E-state index in [1.807, 2.05) is 0 Å². The zero-order valence-corrected chi connectivity index (χ0v) is 33.4. The zero-order chi connectivity index (χ0) is 40.5. The number of hydrogen-bond acceptors (Lipinski definition) is 3. The molecule has 0 aliphatic heterocycles. The Morgan fingerprint density at radius 1 is 0.295 bits per heavy atom. The fourth-order valence-corrected chi connectivity index (χ4v) is 8.78. The average molecular weight is 781 g/mol. The van der Waals surface area contributed by atoms with Crippen LogP contribution < -0.4 is 9.80 Å². The van der Waals surface area contributed by atoms with E-state index in [0.717, 1.165) is 94.7 Å². The Hall–Kier alpha value is -8.14. The predicted octanol–water partition coefficient (Wildman–Crippen LogP) is 16.7. The van der Waals surface area contributed by atoms with Crippen molar-refractivity contribution < 1.29 is 4.42 Å². The molecule has 11 aromatic rings. The molecule has 0 radical (unpaired) electrons. The van der Waals surface area contributed by atoms with E-state index in [-0.39, 0.29) is 0 Å². The molecule has 0 spiro atoms. The van der Waals surface area contributed by atoms with Gasteiger partial charge in [0.25, 0.3) is 0 Å². The van der Waals surface area contributed by atoms with Gasteiger partial charge >= 0.3 is 0 Å². The smallest absolute Gasteiger partial charge is 0.161 e. The first-order chi connectivity index (χ1) is 30.3. The molecule has 0 N–H and O–H groups in total. The molecule has 0 saturated heterocycles. The first-order valence-corrected chi connectivity index (χ1v) is 20.8. The van der Waals surface area contributed by atoms with Crippen LogP contribution in [-0.2, 0) is 0 Å². The molecule has 10 aromatic carbocycles. The maximum atomic E-state index is 7.25. The summed E-state index contributed by atoms with van der Waals surface area (Å²) < 4.78 is 7.25. The molecule has 0 saturated carbocycles. The van der Waals surface area contributed by atoms with Crippen molar-refractivity contribution in [1.82, 2.24) is 0 Å². The van der Waals surface area contributed by atoms with E-state index in [1.54, 1.807) is 0 Å². The summed E-state index contributed by atoms with van der Waals surface area (Å²) in [5.41, 5.74) is 14.7. The normalized spacial score (nSPS) is 11.3. The first-order valence-electron chi connectivity index (χ1n) is 20.8. The number of hydrogen-bond donors (Lipinski definition) is 0. The highest BCUT2D eigenvalue weighted by atomic mass is 16.3. The molecular weight excluding hydrogens is 741 g/mol. The molecule has 0 atom stereocenters. The van der Waals surface area contributed by atoms with Crippen LogP contribution in [0.25, 0.3) is 66.1 Å². The summed E-state index contributed by atoms with van der Waals surface area (Å²) in [6.07, 6.45) is 0. The molecular formula is C58H40N2O. The van der Waals surface area contributed by atoms with Crippen molar-refractivity contribution in [3.8, 4) is 33.4 Å². The lowest BCUT2D eigenvalue weighted by Gasteiger charge is -2.31. The van der Waals surface area contributed by atoms with Crippen LogP contribution in [0.1, 0.15) is 0 Å². The van der Waals surface area contributed by atoms with Gasteiger partial charge in [0.05, 0.1) is 28.1 Å². The van der Waals surface area contributed by atoms with E-state index < -0.39 is 0 Å². The van der Waals surface area contributed by atoms with Gasteiger partial charge in [0.2, 0.25) is 0 Å². The fourth-order valence-electron chi connectivity index (χ4n) is 8.78. The number of anilines is 6. The highest BCUT2D eigenvalue weighted by Gasteiger charge is 2.27. The quantitative estimate of drug-likeness (QED) is 0.145. The molecule has 0 fully saturated rings. The van der Waals surface area contributed by atoms with E-state index in [0.29, 0.717) is 0 Å². The van der Waals surface area contributed by atoms with Crippen molar-refractivity contribution in [3.63, 3.8) is 0 Å². The second-order valence-corrected chi connectivity index (χ2v) is 15.3. The Bertz CT molecular complexity index is 3290. The molecule has 0 aliphatic rings. The third kappa shape index (κ3) is 6.59. The van der Waals surface area contributed by atoms with Crippen molar-refractivity contribution in [2.24, 2.45) is 0 Å². The second kappa shape index (κ2) is 15.6. The van der Waals surface area contributed by atoms with Crippen molar-refractivity contribution in [3.05, 3.63) is 243 Å². The van der Waals surface area contributed by atoms with Crippen LogP contribution in [0.4, 0.5) is 34.1 Å². The average Bonchev–Trinajstić information content (AvgIpc) is 3.72. The molecule has 11 rings (SSSR count). The van der Waals surface area contributed by atoms with Gasteiger partial charge in [-0.1, -0.05) is 182 Å². The monoisotopic (exact) mass is 780 g/mol. The lowest BCUT2D eigenvalue weighted by Crippen LogP contribution is -2.14. The van der Waals surface area contributed by atoms with E-state index >= 15 is 0 Å². The van der Waals surface area contributed by atoms with Crippen LogP contribution in [0.5, 0.6) is 0 Å². The summed E-state index contributed by atoms with van der Waals surface area (Å²) in [4.78, 5) is 4.77. The summed E-state index contributed by atoms with van der Waals surface area (Å²) in [5, 5.41) is 4.38. The molecule has 1 heterocycles. The first kappa shape index (κ1) is 36.0. The number of fused-ring (bicyclic) bond motifs is 4. The summed E-state index contributed by atoms with van der Waals surface area (Å²) >= 11 is 0. The largest absolute Gasteiger partial charge is 0.454 e. The highest BCUT2D eigenvalue weighted by molar-refractivity contribution is 6.20. The zero-order valence-electron chi connectivity index (χ0n) is 33.4. The van der Waals surface area contributed by atoms with Gasteiger partial charge in [-0.2, -0.15) is 0 Å². The van der Waals surface area contributed by atoms with Crippen LogP contribution >= 0.6 is 0 Å². The molecule has 0 bridgehead atoms. The second-order valence-electron chi connectivity index (χ2n) is 15.3. The van der Waals surface area contributed by atoms with E-state index in [1.165, 1.54) is 5.56 Å². The lowest BCUT2D eigenvalue weighted by atomic mass is 9.98. The van der Waals surface area contributed by atoms with Crippen molar-refractivity contribution in [2.45, 2.75) is 0 Å². The molecule has 1 aromatic heterocycles. The molecule has 0 unspecified atom stereocenters. The summed E-state index contributed by atoms with van der Waals surface area (Å²) in [6.45, 7) is 0. The third-order valence-electron chi connectivity index (χ3n) is 11.6. The van der Waals surface area contributed by atoms with Crippen molar-refractivity contribution >= 4 is 66.8 Å². The number of para-hydroxylation sites is 3. The van der Waals surface area contributed by atoms with Gasteiger partial charge in [0.15, 0.2) is 5.58 Å². The molecule has 3 heteroatoms. The Labute approximate surface area is 355 Å². The van der Waals surface area contributed by atoms with Gasteiger partial charge in [-0.3, -0.25) is 0 Å². The van der Waals surface area contributed by atoms with Crippen LogP contribution in [-0.4, -0.2) is 0 Å². The number of benzene rings is 10. The van der Waals surface area contributed by atoms with Crippen molar-refractivity contribution in [2.75, 3.05) is 9.80 Å². The van der Waals surface area contributed by atoms with Crippen molar-refractivity contribution in [1.29, 1.82) is 0 Å². The topological polar surface area (TPSA) is 19.6 Å². The van der Waals surface area contributed by atoms with Gasteiger partial charge in [0, 0.05) is 27.9 Å². The maximum Gasteiger partial charge on any atom is 0.161 e. The number of furan rings is 1. The molecule has 0 aliphatic carbocycles. The minimum Gasteiger partial charge on any atom is -0.454 e. The van der Waals surface area contributed by atoms with Gasteiger partial charge in [-0.05, 0) is 93.7 Å². The summed E-state index contributed by atoms with van der Waals surface area (Å²) in [6, 6.07) is 86.4. The highest BCUT2D eigenvalue weighted by Crippen LogP contribution is 2.51. The fraction of sp³-hybridized carbons (Fsp3) is 0. The third-order valence-corrected chi connectivity index (χ3v) is 11.6. The Kier molecular flexibility index (Phi) is 9.18. The SMILES string of the molecule is c1ccc(-c2ccc(N(c3ccccc3-c3ccccc3)c3ccc(N(c4ccccc4)c4ccccc4-c4ccccc4)c4oc5cc6ccccc6cc5c34)cc2)cc1.